The molecule has 0 aliphatic heterocycles. The van der Waals surface area contributed by atoms with Crippen LogP contribution < -0.4 is 9.64 Å². The van der Waals surface area contributed by atoms with Crippen LogP contribution in [0.5, 0.6) is 11.5 Å². The molecule has 0 aliphatic carbocycles. The SMILES string of the molecule is CC[NH+](CC)Cc1ccccc1CN=Cc1cccc(OC)c1O. The van der Waals surface area contributed by atoms with E-state index in [9.17, 15) is 5.11 Å². The number of aromatic hydroxyl groups is 1. The number of hydrogen-bond acceptors (Lipinski definition) is 3. The molecular weight excluding hydrogens is 300 g/mol. The summed E-state index contributed by atoms with van der Waals surface area (Å²) in [4.78, 5) is 6.07. The largest absolute Gasteiger partial charge is 0.504 e. The van der Waals surface area contributed by atoms with E-state index < -0.39 is 0 Å². The number of aliphatic imine (C=N–C) groups is 1. The first-order valence-corrected chi connectivity index (χ1v) is 8.45. The highest BCUT2D eigenvalue weighted by Crippen LogP contribution is 2.28. The second-order valence-electron chi connectivity index (χ2n) is 5.77. The summed E-state index contributed by atoms with van der Waals surface area (Å²) in [6.07, 6.45) is 1.71. The third kappa shape index (κ3) is 4.59. The Balaban J connectivity index is 2.12. The fourth-order valence-electron chi connectivity index (χ4n) is 2.70. The standard InChI is InChI=1S/C20H26N2O2/c1-4-22(5-2)15-18-10-7-6-9-16(18)13-21-14-17-11-8-12-19(24-3)20(17)23/h6-12,14,23H,4-5,13,15H2,1-3H3/p+1. The van der Waals surface area contributed by atoms with Gasteiger partial charge in [-0.05, 0) is 31.5 Å². The van der Waals surface area contributed by atoms with E-state index >= 15 is 0 Å². The van der Waals surface area contributed by atoms with Gasteiger partial charge in [0.25, 0.3) is 0 Å². The monoisotopic (exact) mass is 327 g/mol. The van der Waals surface area contributed by atoms with E-state index in [0.29, 0.717) is 17.9 Å². The van der Waals surface area contributed by atoms with Gasteiger partial charge in [-0.15, -0.1) is 0 Å². The molecule has 0 aliphatic rings. The van der Waals surface area contributed by atoms with Gasteiger partial charge in [-0.2, -0.15) is 0 Å². The Hall–Kier alpha value is -2.33. The molecule has 128 valence electrons. The number of hydrogen-bond donors (Lipinski definition) is 2. The molecule has 0 saturated heterocycles. The van der Waals surface area contributed by atoms with Gasteiger partial charge in [0.15, 0.2) is 11.5 Å². The summed E-state index contributed by atoms with van der Waals surface area (Å²) >= 11 is 0. The number of rotatable bonds is 8. The average molecular weight is 327 g/mol. The molecule has 24 heavy (non-hydrogen) atoms. The van der Waals surface area contributed by atoms with Gasteiger partial charge in [0.1, 0.15) is 6.54 Å². The first-order valence-electron chi connectivity index (χ1n) is 8.45. The Labute approximate surface area is 144 Å². The molecule has 0 spiro atoms. The van der Waals surface area contributed by atoms with E-state index in [0.717, 1.165) is 19.6 Å². The zero-order valence-corrected chi connectivity index (χ0v) is 14.7. The maximum Gasteiger partial charge on any atom is 0.166 e. The average Bonchev–Trinajstić information content (AvgIpc) is 2.62. The fourth-order valence-corrected chi connectivity index (χ4v) is 2.70. The minimum atomic E-state index is 0.129. The zero-order chi connectivity index (χ0) is 17.4. The van der Waals surface area contributed by atoms with Crippen LogP contribution in [0.15, 0.2) is 47.5 Å². The molecule has 2 aromatic carbocycles. The summed E-state index contributed by atoms with van der Waals surface area (Å²) in [6.45, 7) is 8.28. The first kappa shape index (κ1) is 18.0. The minimum Gasteiger partial charge on any atom is -0.504 e. The number of phenolic OH excluding ortho intramolecular Hbond substituents is 1. The van der Waals surface area contributed by atoms with Gasteiger partial charge in [-0.25, -0.2) is 0 Å². The summed E-state index contributed by atoms with van der Waals surface area (Å²) in [7, 11) is 1.54. The van der Waals surface area contributed by atoms with E-state index in [1.807, 2.05) is 12.1 Å². The second-order valence-corrected chi connectivity index (χ2v) is 5.77. The molecule has 0 heterocycles. The third-order valence-electron chi connectivity index (χ3n) is 4.30. The Morgan fingerprint density at radius 1 is 1.04 bits per heavy atom. The van der Waals surface area contributed by atoms with Gasteiger partial charge in [-0.1, -0.05) is 30.3 Å². The lowest BCUT2D eigenvalue weighted by molar-refractivity contribution is -0.910. The van der Waals surface area contributed by atoms with Crippen LogP contribution in [-0.2, 0) is 13.1 Å². The molecule has 0 bridgehead atoms. The Morgan fingerprint density at radius 2 is 1.75 bits per heavy atom. The van der Waals surface area contributed by atoms with Gasteiger partial charge in [-0.3, -0.25) is 4.99 Å². The smallest absolute Gasteiger partial charge is 0.166 e. The number of methoxy groups -OCH3 is 1. The van der Waals surface area contributed by atoms with E-state index in [4.69, 9.17) is 4.74 Å². The Kier molecular flexibility index (Phi) is 6.82. The maximum absolute atomic E-state index is 10.1. The van der Waals surface area contributed by atoms with Gasteiger partial charge in [0.2, 0.25) is 0 Å². The van der Waals surface area contributed by atoms with Crippen molar-refractivity contribution in [3.63, 3.8) is 0 Å². The number of nitrogens with zero attached hydrogens (tertiary/aromatic N) is 1. The summed E-state index contributed by atoms with van der Waals surface area (Å²) in [5, 5.41) is 10.1. The lowest BCUT2D eigenvalue weighted by atomic mass is 10.1. The number of benzene rings is 2. The molecule has 4 heteroatoms. The summed E-state index contributed by atoms with van der Waals surface area (Å²) in [5.41, 5.74) is 3.24. The molecule has 2 rings (SSSR count). The van der Waals surface area contributed by atoms with Gasteiger partial charge in [0, 0.05) is 17.3 Å². The van der Waals surface area contributed by atoms with Crippen molar-refractivity contribution < 1.29 is 14.7 Å². The van der Waals surface area contributed by atoms with Crippen LogP contribution in [0.1, 0.15) is 30.5 Å². The topological polar surface area (TPSA) is 46.3 Å². The van der Waals surface area contributed by atoms with Crippen LogP contribution in [0.2, 0.25) is 0 Å². The highest BCUT2D eigenvalue weighted by Gasteiger charge is 2.09. The van der Waals surface area contributed by atoms with Crippen molar-refractivity contribution in [1.29, 1.82) is 0 Å². The van der Waals surface area contributed by atoms with Gasteiger partial charge < -0.3 is 14.7 Å². The van der Waals surface area contributed by atoms with Crippen molar-refractivity contribution in [2.45, 2.75) is 26.9 Å². The first-order chi connectivity index (χ1) is 11.7. The van der Waals surface area contributed by atoms with Crippen LogP contribution in [0.25, 0.3) is 0 Å². The minimum absolute atomic E-state index is 0.129. The van der Waals surface area contributed by atoms with E-state index in [1.165, 1.54) is 11.1 Å². The van der Waals surface area contributed by atoms with Crippen LogP contribution in [-0.4, -0.2) is 31.5 Å². The highest BCUT2D eigenvalue weighted by molar-refractivity contribution is 5.84. The van der Waals surface area contributed by atoms with Gasteiger partial charge >= 0.3 is 0 Å². The maximum atomic E-state index is 10.1. The molecule has 0 saturated carbocycles. The molecule has 0 amide bonds. The number of phenols is 1. The normalized spacial score (nSPS) is 11.3. The van der Waals surface area contributed by atoms with Gasteiger partial charge in [0.05, 0.1) is 26.7 Å². The molecule has 0 radical (unpaired) electrons. The van der Waals surface area contributed by atoms with Crippen molar-refractivity contribution >= 4 is 6.21 Å². The molecule has 0 aromatic heterocycles. The van der Waals surface area contributed by atoms with Crippen molar-refractivity contribution in [2.24, 2.45) is 4.99 Å². The number of nitrogens with one attached hydrogen (secondary N) is 1. The number of ether oxygens (including phenoxy) is 1. The number of quaternary nitrogens is 1. The number of para-hydroxylation sites is 1. The molecule has 2 aromatic rings. The molecule has 0 fully saturated rings. The van der Waals surface area contributed by atoms with E-state index in [-0.39, 0.29) is 5.75 Å². The van der Waals surface area contributed by atoms with E-state index in [1.54, 1.807) is 24.3 Å². The van der Waals surface area contributed by atoms with Crippen LogP contribution in [0.3, 0.4) is 0 Å². The van der Waals surface area contributed by atoms with Crippen molar-refractivity contribution in [3.8, 4) is 11.5 Å². The highest BCUT2D eigenvalue weighted by atomic mass is 16.5. The zero-order valence-electron chi connectivity index (χ0n) is 14.7. The predicted molar refractivity (Wildman–Crippen MR) is 98.1 cm³/mol. The van der Waals surface area contributed by atoms with Crippen molar-refractivity contribution in [3.05, 3.63) is 59.2 Å². The lowest BCUT2D eigenvalue weighted by Crippen LogP contribution is -3.10. The summed E-state index contributed by atoms with van der Waals surface area (Å²) in [6, 6.07) is 13.8. The van der Waals surface area contributed by atoms with Crippen molar-refractivity contribution in [1.82, 2.24) is 0 Å². The van der Waals surface area contributed by atoms with Crippen molar-refractivity contribution in [2.75, 3.05) is 20.2 Å². The van der Waals surface area contributed by atoms with Crippen LogP contribution in [0, 0.1) is 0 Å². The Bertz CT molecular complexity index is 679. The fraction of sp³-hybridized carbons (Fsp3) is 0.350. The lowest BCUT2D eigenvalue weighted by Gasteiger charge is -2.17. The quantitative estimate of drug-likeness (QED) is 0.732. The third-order valence-corrected chi connectivity index (χ3v) is 4.30. The molecule has 0 unspecified atom stereocenters. The van der Waals surface area contributed by atoms with E-state index in [2.05, 4.69) is 43.1 Å². The summed E-state index contributed by atoms with van der Waals surface area (Å²) < 4.78 is 5.12. The second kappa shape index (κ2) is 9.08. The van der Waals surface area contributed by atoms with Crippen LogP contribution >= 0.6 is 0 Å². The Morgan fingerprint density at radius 3 is 2.42 bits per heavy atom. The molecular formula is C20H27N2O2+. The summed E-state index contributed by atoms with van der Waals surface area (Å²) in [5.74, 6) is 0.592. The molecule has 4 nitrogen and oxygen atoms in total. The molecule has 2 N–H and O–H groups in total. The predicted octanol–water partition coefficient (Wildman–Crippen LogP) is 2.44. The van der Waals surface area contributed by atoms with Crippen LogP contribution in [0.4, 0.5) is 0 Å². The molecule has 0 atom stereocenters.